The molecule has 1 N–H and O–H groups in total. The van der Waals surface area contributed by atoms with Crippen molar-refractivity contribution in [3.63, 3.8) is 0 Å². The van der Waals surface area contributed by atoms with Gasteiger partial charge in [-0.15, -0.1) is 0 Å². The lowest BCUT2D eigenvalue weighted by molar-refractivity contribution is 0.0996. The van der Waals surface area contributed by atoms with E-state index in [1.165, 1.54) is 0 Å². The van der Waals surface area contributed by atoms with E-state index >= 15 is 0 Å². The Morgan fingerprint density at radius 3 is 2.96 bits per heavy atom. The Morgan fingerprint density at radius 1 is 1.25 bits per heavy atom. The van der Waals surface area contributed by atoms with Crippen LogP contribution in [0.5, 0.6) is 11.5 Å². The molecular formula is C17H22N4O3. The molecule has 128 valence electrons. The number of β-amino-alcohol motifs (C(OH)–C–C–N with tert-alkyl or cyclic N) is 1. The minimum atomic E-state index is -0.544. The van der Waals surface area contributed by atoms with Crippen molar-refractivity contribution in [2.24, 2.45) is 0 Å². The number of benzene rings is 1. The fourth-order valence-electron chi connectivity index (χ4n) is 3.48. The van der Waals surface area contributed by atoms with Crippen molar-refractivity contribution in [3.05, 3.63) is 36.4 Å². The third kappa shape index (κ3) is 3.22. The molecule has 0 unspecified atom stereocenters. The minimum absolute atomic E-state index is 0.388. The molecule has 24 heavy (non-hydrogen) atoms. The molecule has 2 aliphatic heterocycles. The highest BCUT2D eigenvalue weighted by atomic mass is 16.6. The number of aliphatic hydroxyl groups excluding tert-OH is 1. The Bertz CT molecular complexity index is 676. The Morgan fingerprint density at radius 2 is 2.12 bits per heavy atom. The van der Waals surface area contributed by atoms with Gasteiger partial charge in [0.05, 0.1) is 12.6 Å². The summed E-state index contributed by atoms with van der Waals surface area (Å²) in [4.78, 5) is 6.33. The summed E-state index contributed by atoms with van der Waals surface area (Å²) in [5.74, 6) is 1.47. The van der Waals surface area contributed by atoms with Crippen LogP contribution in [0.15, 0.2) is 30.9 Å². The fourth-order valence-corrected chi connectivity index (χ4v) is 3.48. The molecule has 0 radical (unpaired) electrons. The average molecular weight is 330 g/mol. The fraction of sp³-hybridized carbons (Fsp3) is 0.529. The maximum atomic E-state index is 10.7. The third-order valence-electron chi connectivity index (χ3n) is 4.72. The highest BCUT2D eigenvalue weighted by molar-refractivity contribution is 5.44. The monoisotopic (exact) mass is 330 g/mol. The van der Waals surface area contributed by atoms with Crippen molar-refractivity contribution in [2.75, 3.05) is 26.3 Å². The van der Waals surface area contributed by atoms with E-state index < -0.39 is 6.10 Å². The molecule has 7 nitrogen and oxygen atoms in total. The zero-order valence-corrected chi connectivity index (χ0v) is 13.5. The first-order valence-electron chi connectivity index (χ1n) is 8.43. The van der Waals surface area contributed by atoms with Crippen LogP contribution in [0, 0.1) is 0 Å². The van der Waals surface area contributed by atoms with Crippen LogP contribution < -0.4 is 9.47 Å². The van der Waals surface area contributed by atoms with Crippen LogP contribution in [-0.4, -0.2) is 57.1 Å². The first-order chi connectivity index (χ1) is 11.8. The van der Waals surface area contributed by atoms with Gasteiger partial charge in [0.15, 0.2) is 11.5 Å². The number of nitrogens with zero attached hydrogens (tertiary/aromatic N) is 4. The van der Waals surface area contributed by atoms with Crippen LogP contribution in [0.25, 0.3) is 0 Å². The van der Waals surface area contributed by atoms with E-state index in [1.54, 1.807) is 12.7 Å². The average Bonchev–Trinajstić information content (AvgIpc) is 3.27. The first-order valence-corrected chi connectivity index (χ1v) is 8.43. The van der Waals surface area contributed by atoms with Crippen molar-refractivity contribution in [1.82, 2.24) is 19.7 Å². The third-order valence-corrected chi connectivity index (χ3v) is 4.72. The van der Waals surface area contributed by atoms with Gasteiger partial charge >= 0.3 is 0 Å². The second kappa shape index (κ2) is 6.78. The van der Waals surface area contributed by atoms with Gasteiger partial charge in [-0.2, -0.15) is 5.10 Å². The molecule has 4 rings (SSSR count). The predicted octanol–water partition coefficient (Wildman–Crippen LogP) is 1.25. The summed E-state index contributed by atoms with van der Waals surface area (Å²) in [6.45, 7) is 3.55. The standard InChI is InChI=1S/C17H22N4O3/c22-15(13-3-4-16-17(8-13)24-7-6-23-16)10-20-5-1-2-14(20)9-21-12-18-11-19-21/h3-4,8,11-12,14-15,22H,1-2,5-7,9-10H2/t14-,15+/m0/s1. The molecule has 3 heterocycles. The van der Waals surface area contributed by atoms with Crippen LogP contribution in [0.1, 0.15) is 24.5 Å². The summed E-state index contributed by atoms with van der Waals surface area (Å²) in [5, 5.41) is 14.8. The maximum Gasteiger partial charge on any atom is 0.161 e. The van der Waals surface area contributed by atoms with Crippen molar-refractivity contribution < 1.29 is 14.6 Å². The summed E-state index contributed by atoms with van der Waals surface area (Å²) in [5.41, 5.74) is 0.866. The Hall–Kier alpha value is -2.12. The highest BCUT2D eigenvalue weighted by Gasteiger charge is 2.27. The first kappa shape index (κ1) is 15.4. The Labute approximate surface area is 140 Å². The lowest BCUT2D eigenvalue weighted by atomic mass is 10.1. The van der Waals surface area contributed by atoms with Gasteiger partial charge in [-0.1, -0.05) is 6.07 Å². The zero-order chi connectivity index (χ0) is 16.4. The van der Waals surface area contributed by atoms with Crippen molar-refractivity contribution in [2.45, 2.75) is 31.5 Å². The number of aromatic nitrogens is 3. The molecule has 1 aromatic carbocycles. The molecule has 2 aliphatic rings. The number of likely N-dealkylation sites (tertiary alicyclic amines) is 1. The summed E-state index contributed by atoms with van der Waals surface area (Å²) < 4.78 is 13.0. The van der Waals surface area contributed by atoms with Crippen molar-refractivity contribution >= 4 is 0 Å². The second-order valence-electron chi connectivity index (χ2n) is 6.33. The van der Waals surface area contributed by atoms with Gasteiger partial charge in [-0.3, -0.25) is 9.58 Å². The van der Waals surface area contributed by atoms with E-state index in [1.807, 2.05) is 22.9 Å². The summed E-state index contributed by atoms with van der Waals surface area (Å²) >= 11 is 0. The quantitative estimate of drug-likeness (QED) is 0.889. The molecule has 1 saturated heterocycles. The van der Waals surface area contributed by atoms with E-state index in [-0.39, 0.29) is 0 Å². The van der Waals surface area contributed by atoms with Crippen LogP contribution in [0.3, 0.4) is 0 Å². The van der Waals surface area contributed by atoms with Crippen LogP contribution in [-0.2, 0) is 6.54 Å². The molecule has 0 saturated carbocycles. The molecule has 2 atom stereocenters. The van der Waals surface area contributed by atoms with E-state index in [0.29, 0.717) is 25.8 Å². The summed E-state index contributed by atoms with van der Waals surface area (Å²) in [6.07, 6.45) is 5.02. The number of hydrogen-bond acceptors (Lipinski definition) is 6. The van der Waals surface area contributed by atoms with Gasteiger partial charge in [0.25, 0.3) is 0 Å². The largest absolute Gasteiger partial charge is 0.486 e. The smallest absolute Gasteiger partial charge is 0.161 e. The normalized spacial score (nSPS) is 21.8. The van der Waals surface area contributed by atoms with Crippen LogP contribution in [0.4, 0.5) is 0 Å². The molecule has 0 amide bonds. The number of rotatable bonds is 5. The lowest BCUT2D eigenvalue weighted by Gasteiger charge is -2.27. The SMILES string of the molecule is O[C@H](CN1CCC[C@H]1Cn1cncn1)c1ccc2c(c1)OCCO2. The molecule has 7 heteroatoms. The zero-order valence-electron chi connectivity index (χ0n) is 13.5. The van der Waals surface area contributed by atoms with Gasteiger partial charge in [-0.05, 0) is 37.1 Å². The number of hydrogen-bond donors (Lipinski definition) is 1. The van der Waals surface area contributed by atoms with Gasteiger partial charge < -0.3 is 14.6 Å². The molecule has 0 spiro atoms. The molecule has 0 bridgehead atoms. The van der Waals surface area contributed by atoms with E-state index in [9.17, 15) is 5.11 Å². The van der Waals surface area contributed by atoms with Gasteiger partial charge in [0.2, 0.25) is 0 Å². The van der Waals surface area contributed by atoms with E-state index in [2.05, 4.69) is 15.0 Å². The number of fused-ring (bicyclic) bond motifs is 1. The topological polar surface area (TPSA) is 72.6 Å². The van der Waals surface area contributed by atoms with E-state index in [4.69, 9.17) is 9.47 Å². The van der Waals surface area contributed by atoms with Gasteiger partial charge in [0, 0.05) is 12.6 Å². The van der Waals surface area contributed by atoms with Crippen LogP contribution in [0.2, 0.25) is 0 Å². The molecular weight excluding hydrogens is 308 g/mol. The molecule has 2 aromatic rings. The predicted molar refractivity (Wildman–Crippen MR) is 87.0 cm³/mol. The van der Waals surface area contributed by atoms with E-state index in [0.717, 1.165) is 43.0 Å². The molecule has 1 fully saturated rings. The molecule has 0 aliphatic carbocycles. The second-order valence-corrected chi connectivity index (χ2v) is 6.33. The summed E-state index contributed by atoms with van der Waals surface area (Å²) in [7, 11) is 0. The summed E-state index contributed by atoms with van der Waals surface area (Å²) in [6, 6.07) is 6.07. The maximum absolute atomic E-state index is 10.7. The Kier molecular flexibility index (Phi) is 4.36. The molecule has 1 aromatic heterocycles. The lowest BCUT2D eigenvalue weighted by Crippen LogP contribution is -2.36. The van der Waals surface area contributed by atoms with Gasteiger partial charge in [-0.25, -0.2) is 4.98 Å². The minimum Gasteiger partial charge on any atom is -0.486 e. The number of ether oxygens (including phenoxy) is 2. The van der Waals surface area contributed by atoms with Gasteiger partial charge in [0.1, 0.15) is 25.9 Å². The highest BCUT2D eigenvalue weighted by Crippen LogP contribution is 2.33. The Balaban J connectivity index is 1.42. The van der Waals surface area contributed by atoms with Crippen LogP contribution >= 0.6 is 0 Å². The number of aliphatic hydroxyl groups is 1. The van der Waals surface area contributed by atoms with Crippen molar-refractivity contribution in [1.29, 1.82) is 0 Å². The van der Waals surface area contributed by atoms with Crippen molar-refractivity contribution in [3.8, 4) is 11.5 Å².